The predicted octanol–water partition coefficient (Wildman–Crippen LogP) is 0.896. The maximum Gasteiger partial charge on any atom is 0.222 e. The molecule has 76 valence electrons. The molecule has 1 aromatic rings. The van der Waals surface area contributed by atoms with Crippen molar-refractivity contribution in [2.45, 2.75) is 19.9 Å². The molecule has 0 bridgehead atoms. The van der Waals surface area contributed by atoms with Gasteiger partial charge in [0.2, 0.25) is 5.95 Å². The van der Waals surface area contributed by atoms with Crippen LogP contribution < -0.4 is 5.32 Å². The summed E-state index contributed by atoms with van der Waals surface area (Å²) < 4.78 is 0. The third-order valence-corrected chi connectivity index (χ3v) is 2.68. The van der Waals surface area contributed by atoms with Gasteiger partial charge in [-0.2, -0.15) is 0 Å². The Balaban J connectivity index is 2.23. The van der Waals surface area contributed by atoms with Gasteiger partial charge in [-0.05, 0) is 6.54 Å². The Labute approximate surface area is 84.4 Å². The van der Waals surface area contributed by atoms with Crippen molar-refractivity contribution in [3.8, 4) is 0 Å². The topological polar surface area (TPSA) is 41.1 Å². The van der Waals surface area contributed by atoms with Crippen LogP contribution in [0, 0.1) is 0 Å². The lowest BCUT2D eigenvalue weighted by atomic mass is 10.1. The summed E-state index contributed by atoms with van der Waals surface area (Å²) in [6.07, 6.45) is 2.98. The molecule has 4 heteroatoms. The lowest BCUT2D eigenvalue weighted by molar-refractivity contribution is 0.265. The average Bonchev–Trinajstić information content (AvgIpc) is 2.27. The van der Waals surface area contributed by atoms with Gasteiger partial charge in [0.25, 0.3) is 0 Å². The third kappa shape index (κ3) is 1.70. The fourth-order valence-electron chi connectivity index (χ4n) is 1.76. The second kappa shape index (κ2) is 3.92. The van der Waals surface area contributed by atoms with E-state index in [9.17, 15) is 0 Å². The maximum atomic E-state index is 4.45. The number of rotatable bonds is 2. The number of nitrogens with zero attached hydrogens (tertiary/aromatic N) is 3. The van der Waals surface area contributed by atoms with E-state index in [1.807, 2.05) is 13.2 Å². The molecule has 4 nitrogen and oxygen atoms in total. The van der Waals surface area contributed by atoms with Crippen molar-refractivity contribution in [3.05, 3.63) is 17.5 Å². The Morgan fingerprint density at radius 1 is 1.57 bits per heavy atom. The van der Waals surface area contributed by atoms with Gasteiger partial charge in [0.1, 0.15) is 0 Å². The fourth-order valence-corrected chi connectivity index (χ4v) is 1.76. The van der Waals surface area contributed by atoms with E-state index in [1.165, 1.54) is 11.3 Å². The van der Waals surface area contributed by atoms with Crippen molar-refractivity contribution in [2.24, 2.45) is 0 Å². The second-order valence-electron chi connectivity index (χ2n) is 3.53. The molecule has 0 unspecified atom stereocenters. The number of aromatic nitrogens is 2. The SMILES string of the molecule is CCN1CCc2nc(NC)ncc2C1. The Hall–Kier alpha value is -1.16. The van der Waals surface area contributed by atoms with Gasteiger partial charge in [-0.1, -0.05) is 6.92 Å². The van der Waals surface area contributed by atoms with Gasteiger partial charge in [0.05, 0.1) is 5.69 Å². The highest BCUT2D eigenvalue weighted by molar-refractivity contribution is 5.30. The highest BCUT2D eigenvalue weighted by atomic mass is 15.1. The molecule has 0 fully saturated rings. The monoisotopic (exact) mass is 192 g/mol. The van der Waals surface area contributed by atoms with Crippen molar-refractivity contribution in [1.29, 1.82) is 0 Å². The van der Waals surface area contributed by atoms with E-state index >= 15 is 0 Å². The summed E-state index contributed by atoms with van der Waals surface area (Å²) >= 11 is 0. The Bertz CT molecular complexity index is 324. The minimum Gasteiger partial charge on any atom is -0.357 e. The molecule has 0 aromatic carbocycles. The van der Waals surface area contributed by atoms with Crippen LogP contribution in [-0.2, 0) is 13.0 Å². The summed E-state index contributed by atoms with van der Waals surface area (Å²) in [4.78, 5) is 11.1. The molecule has 0 spiro atoms. The van der Waals surface area contributed by atoms with Gasteiger partial charge >= 0.3 is 0 Å². The largest absolute Gasteiger partial charge is 0.357 e. The summed E-state index contributed by atoms with van der Waals surface area (Å²) in [6.45, 7) is 5.40. The number of hydrogen-bond acceptors (Lipinski definition) is 4. The number of anilines is 1. The van der Waals surface area contributed by atoms with E-state index in [0.717, 1.165) is 32.0 Å². The Kier molecular flexibility index (Phi) is 2.63. The van der Waals surface area contributed by atoms with Crippen molar-refractivity contribution in [2.75, 3.05) is 25.5 Å². The van der Waals surface area contributed by atoms with Gasteiger partial charge in [0.15, 0.2) is 0 Å². The van der Waals surface area contributed by atoms with Crippen LogP contribution in [-0.4, -0.2) is 35.0 Å². The van der Waals surface area contributed by atoms with Crippen LogP contribution in [0.1, 0.15) is 18.2 Å². The van der Waals surface area contributed by atoms with E-state index in [-0.39, 0.29) is 0 Å². The number of nitrogens with one attached hydrogen (secondary N) is 1. The molecule has 1 N–H and O–H groups in total. The standard InChI is InChI=1S/C10H16N4/c1-3-14-5-4-9-8(7-14)6-12-10(11-2)13-9/h6H,3-5,7H2,1-2H3,(H,11,12,13). The predicted molar refractivity (Wildman–Crippen MR) is 56.2 cm³/mol. The van der Waals surface area contributed by atoms with Gasteiger partial charge in [-0.25, -0.2) is 9.97 Å². The highest BCUT2D eigenvalue weighted by Gasteiger charge is 2.16. The molecule has 0 radical (unpaired) electrons. The summed E-state index contributed by atoms with van der Waals surface area (Å²) in [5, 5.41) is 2.97. The molecule has 2 rings (SSSR count). The number of fused-ring (bicyclic) bond motifs is 1. The molecule has 0 saturated carbocycles. The zero-order valence-corrected chi connectivity index (χ0v) is 8.75. The minimum atomic E-state index is 0.730. The summed E-state index contributed by atoms with van der Waals surface area (Å²) in [6, 6.07) is 0. The van der Waals surface area contributed by atoms with E-state index in [2.05, 4.69) is 27.1 Å². The molecule has 1 aliphatic heterocycles. The maximum absolute atomic E-state index is 4.45. The first kappa shape index (κ1) is 9.40. The van der Waals surface area contributed by atoms with Crippen molar-refractivity contribution < 1.29 is 0 Å². The zero-order valence-electron chi connectivity index (χ0n) is 8.75. The summed E-state index contributed by atoms with van der Waals surface area (Å²) in [7, 11) is 1.85. The van der Waals surface area contributed by atoms with Gasteiger partial charge in [-0.3, -0.25) is 4.90 Å². The highest BCUT2D eigenvalue weighted by Crippen LogP contribution is 2.16. The van der Waals surface area contributed by atoms with Crippen LogP contribution in [0.5, 0.6) is 0 Å². The van der Waals surface area contributed by atoms with E-state index in [0.29, 0.717) is 0 Å². The quantitative estimate of drug-likeness (QED) is 0.755. The first-order valence-electron chi connectivity index (χ1n) is 5.08. The van der Waals surface area contributed by atoms with Crippen molar-refractivity contribution in [1.82, 2.24) is 14.9 Å². The molecule has 1 aliphatic rings. The molecule has 0 amide bonds. The molecular formula is C10H16N4. The Morgan fingerprint density at radius 3 is 3.14 bits per heavy atom. The molecule has 0 saturated heterocycles. The fraction of sp³-hybridized carbons (Fsp3) is 0.600. The van der Waals surface area contributed by atoms with E-state index in [1.54, 1.807) is 0 Å². The Morgan fingerprint density at radius 2 is 2.43 bits per heavy atom. The lowest BCUT2D eigenvalue weighted by Gasteiger charge is -2.26. The van der Waals surface area contributed by atoms with Crippen molar-refractivity contribution >= 4 is 5.95 Å². The van der Waals surface area contributed by atoms with Gasteiger partial charge < -0.3 is 5.32 Å². The lowest BCUT2D eigenvalue weighted by Crippen LogP contribution is -2.31. The molecule has 2 heterocycles. The third-order valence-electron chi connectivity index (χ3n) is 2.68. The number of hydrogen-bond donors (Lipinski definition) is 1. The molecular weight excluding hydrogens is 176 g/mol. The second-order valence-corrected chi connectivity index (χ2v) is 3.53. The summed E-state index contributed by atoms with van der Waals surface area (Å²) in [5.74, 6) is 0.730. The van der Waals surface area contributed by atoms with Crippen LogP contribution in [0.2, 0.25) is 0 Å². The van der Waals surface area contributed by atoms with E-state index in [4.69, 9.17) is 0 Å². The first-order chi connectivity index (χ1) is 6.83. The molecule has 0 atom stereocenters. The van der Waals surface area contributed by atoms with Gasteiger partial charge in [-0.15, -0.1) is 0 Å². The molecule has 1 aromatic heterocycles. The van der Waals surface area contributed by atoms with E-state index < -0.39 is 0 Å². The van der Waals surface area contributed by atoms with Gasteiger partial charge in [0, 0.05) is 38.3 Å². The number of likely N-dealkylation sites (N-methyl/N-ethyl adjacent to an activating group) is 1. The zero-order chi connectivity index (χ0) is 9.97. The van der Waals surface area contributed by atoms with Crippen LogP contribution in [0.3, 0.4) is 0 Å². The van der Waals surface area contributed by atoms with Crippen LogP contribution in [0.15, 0.2) is 6.20 Å². The average molecular weight is 192 g/mol. The molecule has 14 heavy (non-hydrogen) atoms. The van der Waals surface area contributed by atoms with Crippen molar-refractivity contribution in [3.63, 3.8) is 0 Å². The molecule has 0 aliphatic carbocycles. The minimum absolute atomic E-state index is 0.730. The normalized spacial score (nSPS) is 16.4. The first-order valence-corrected chi connectivity index (χ1v) is 5.08. The summed E-state index contributed by atoms with van der Waals surface area (Å²) in [5.41, 5.74) is 2.48. The smallest absolute Gasteiger partial charge is 0.222 e. The van der Waals surface area contributed by atoms with Crippen LogP contribution in [0.25, 0.3) is 0 Å². The van der Waals surface area contributed by atoms with Crippen LogP contribution >= 0.6 is 0 Å². The van der Waals surface area contributed by atoms with Crippen LogP contribution in [0.4, 0.5) is 5.95 Å².